The molecule has 1 heterocycles. The van der Waals surface area contributed by atoms with E-state index in [-0.39, 0.29) is 17.8 Å². The lowest BCUT2D eigenvalue weighted by Gasteiger charge is -2.18. The molecule has 2 aromatic carbocycles. The Balaban J connectivity index is 1.95. The Kier molecular flexibility index (Phi) is 4.74. The number of benzene rings is 2. The van der Waals surface area contributed by atoms with Crippen LogP contribution < -0.4 is 11.3 Å². The second-order valence-electron chi connectivity index (χ2n) is 7.76. The van der Waals surface area contributed by atoms with Crippen LogP contribution in [-0.4, -0.2) is 21.7 Å². The highest BCUT2D eigenvalue weighted by molar-refractivity contribution is 5.89. The van der Waals surface area contributed by atoms with Gasteiger partial charge in [0.05, 0.1) is 11.1 Å². The zero-order valence-electron chi connectivity index (χ0n) is 16.5. The summed E-state index contributed by atoms with van der Waals surface area (Å²) in [5.74, 6) is -1.37. The summed E-state index contributed by atoms with van der Waals surface area (Å²) < 4.78 is 15.5. The molecule has 0 radical (unpaired) electrons. The maximum atomic E-state index is 13.9. The molecule has 150 valence electrons. The van der Waals surface area contributed by atoms with E-state index in [0.717, 1.165) is 47.1 Å². The van der Waals surface area contributed by atoms with E-state index in [0.29, 0.717) is 16.5 Å². The summed E-state index contributed by atoms with van der Waals surface area (Å²) in [7, 11) is 1.70. The fourth-order valence-electron chi connectivity index (χ4n) is 4.52. The quantitative estimate of drug-likeness (QED) is 0.712. The zero-order valence-corrected chi connectivity index (χ0v) is 16.5. The van der Waals surface area contributed by atoms with Crippen molar-refractivity contribution in [1.82, 2.24) is 4.57 Å². The second kappa shape index (κ2) is 7.12. The van der Waals surface area contributed by atoms with Crippen LogP contribution in [0.3, 0.4) is 0 Å². The predicted octanol–water partition coefficient (Wildman–Crippen LogP) is 3.10. The van der Waals surface area contributed by atoms with Gasteiger partial charge in [-0.25, -0.2) is 4.39 Å². The van der Waals surface area contributed by atoms with Gasteiger partial charge >= 0.3 is 5.97 Å². The van der Waals surface area contributed by atoms with Crippen LogP contribution in [0.4, 0.5) is 4.39 Å². The van der Waals surface area contributed by atoms with Gasteiger partial charge in [0, 0.05) is 12.4 Å². The molecule has 3 aromatic rings. The molecule has 29 heavy (non-hydrogen) atoms. The molecule has 1 aliphatic carbocycles. The topological polar surface area (TPSA) is 85.3 Å². The van der Waals surface area contributed by atoms with Crippen molar-refractivity contribution in [2.24, 2.45) is 12.8 Å². The van der Waals surface area contributed by atoms with Crippen LogP contribution in [0.2, 0.25) is 0 Å². The largest absolute Gasteiger partial charge is 0.480 e. The van der Waals surface area contributed by atoms with Gasteiger partial charge in [-0.3, -0.25) is 9.59 Å². The number of nitrogens with two attached hydrogens (primary N) is 1. The third-order valence-electron chi connectivity index (χ3n) is 6.03. The van der Waals surface area contributed by atoms with E-state index >= 15 is 0 Å². The van der Waals surface area contributed by atoms with E-state index in [1.807, 2.05) is 19.1 Å². The lowest BCUT2D eigenvalue weighted by Crippen LogP contribution is -2.32. The van der Waals surface area contributed by atoms with Gasteiger partial charge in [-0.1, -0.05) is 12.1 Å². The molecule has 0 saturated carbocycles. The number of rotatable bonds is 4. The molecule has 6 heteroatoms. The molecule has 4 rings (SSSR count). The number of aryl methyl sites for hydroxylation is 2. The zero-order chi connectivity index (χ0) is 20.9. The first-order valence-electron chi connectivity index (χ1n) is 9.70. The van der Waals surface area contributed by atoms with Crippen LogP contribution in [0, 0.1) is 12.7 Å². The second-order valence-corrected chi connectivity index (χ2v) is 7.76. The van der Waals surface area contributed by atoms with Gasteiger partial charge in [0.15, 0.2) is 0 Å². The van der Waals surface area contributed by atoms with Crippen molar-refractivity contribution in [2.45, 2.75) is 38.6 Å². The SMILES string of the molecule is Cc1c(-c2ccc(C[C@H](N)C(=O)O)c3c2CCC3)c(=O)n(C)c2ccc(F)cc12. The number of carboxylic acids is 1. The van der Waals surface area contributed by atoms with Crippen molar-refractivity contribution >= 4 is 16.9 Å². The van der Waals surface area contributed by atoms with Gasteiger partial charge in [-0.2, -0.15) is 0 Å². The lowest BCUT2D eigenvalue weighted by atomic mass is 9.89. The van der Waals surface area contributed by atoms with Gasteiger partial charge in [-0.05, 0) is 78.6 Å². The van der Waals surface area contributed by atoms with Crippen LogP contribution in [0.25, 0.3) is 22.0 Å². The molecular formula is C23H23FN2O3. The van der Waals surface area contributed by atoms with Gasteiger partial charge in [0.2, 0.25) is 0 Å². The summed E-state index contributed by atoms with van der Waals surface area (Å²) in [4.78, 5) is 24.4. The Hall–Kier alpha value is -2.99. The van der Waals surface area contributed by atoms with Crippen molar-refractivity contribution in [3.05, 3.63) is 68.8 Å². The summed E-state index contributed by atoms with van der Waals surface area (Å²) in [6.45, 7) is 1.86. The van der Waals surface area contributed by atoms with Crippen LogP contribution in [0.5, 0.6) is 0 Å². The van der Waals surface area contributed by atoms with Crippen LogP contribution in [0.1, 0.15) is 28.7 Å². The molecule has 0 fully saturated rings. The first-order valence-corrected chi connectivity index (χ1v) is 9.70. The smallest absolute Gasteiger partial charge is 0.320 e. The Bertz CT molecular complexity index is 1210. The van der Waals surface area contributed by atoms with E-state index < -0.39 is 12.0 Å². The monoisotopic (exact) mass is 394 g/mol. The highest BCUT2D eigenvalue weighted by Gasteiger charge is 2.25. The maximum absolute atomic E-state index is 13.9. The van der Waals surface area contributed by atoms with Crippen molar-refractivity contribution in [3.63, 3.8) is 0 Å². The van der Waals surface area contributed by atoms with E-state index in [4.69, 9.17) is 10.8 Å². The first kappa shape index (κ1) is 19.3. The number of nitrogens with zero attached hydrogens (tertiary/aromatic N) is 1. The maximum Gasteiger partial charge on any atom is 0.320 e. The van der Waals surface area contributed by atoms with Crippen LogP contribution in [0.15, 0.2) is 35.1 Å². The number of hydrogen-bond acceptors (Lipinski definition) is 3. The minimum absolute atomic E-state index is 0.120. The lowest BCUT2D eigenvalue weighted by molar-refractivity contribution is -0.138. The third-order valence-corrected chi connectivity index (χ3v) is 6.03. The van der Waals surface area contributed by atoms with E-state index in [1.165, 1.54) is 12.1 Å². The third kappa shape index (κ3) is 3.13. The van der Waals surface area contributed by atoms with Crippen molar-refractivity contribution in [3.8, 4) is 11.1 Å². The fourth-order valence-corrected chi connectivity index (χ4v) is 4.52. The Morgan fingerprint density at radius 2 is 1.97 bits per heavy atom. The number of aromatic nitrogens is 1. The summed E-state index contributed by atoms with van der Waals surface area (Å²) in [6, 6.07) is 7.28. The number of carboxylic acid groups (broad SMARTS) is 1. The molecule has 0 amide bonds. The molecular weight excluding hydrogens is 371 g/mol. The molecule has 0 unspecified atom stereocenters. The Morgan fingerprint density at radius 3 is 2.69 bits per heavy atom. The molecule has 5 nitrogen and oxygen atoms in total. The minimum Gasteiger partial charge on any atom is -0.480 e. The van der Waals surface area contributed by atoms with Crippen LogP contribution >= 0.6 is 0 Å². The standard InChI is InChI=1S/C23H23FN2O3/c1-12-18-11-14(24)7-9-20(18)26(2)22(27)21(12)17-8-6-13(10-19(25)23(28)29)15-4-3-5-16(15)17/h6-9,11,19H,3-5,10,25H2,1-2H3,(H,28,29)/t19-/m0/s1. The first-order chi connectivity index (χ1) is 13.8. The van der Waals surface area contributed by atoms with Gasteiger partial charge in [-0.15, -0.1) is 0 Å². The molecule has 1 aromatic heterocycles. The predicted molar refractivity (Wildman–Crippen MR) is 111 cm³/mol. The minimum atomic E-state index is -1.03. The summed E-state index contributed by atoms with van der Waals surface area (Å²) >= 11 is 0. The molecule has 1 aliphatic rings. The van der Waals surface area contributed by atoms with Crippen molar-refractivity contribution in [2.75, 3.05) is 0 Å². The molecule has 0 bridgehead atoms. The summed E-state index contributed by atoms with van der Waals surface area (Å²) in [5.41, 5.74) is 11.6. The normalized spacial score (nSPS) is 14.2. The average molecular weight is 394 g/mol. The average Bonchev–Trinajstić information content (AvgIpc) is 3.18. The van der Waals surface area contributed by atoms with E-state index in [9.17, 15) is 14.0 Å². The van der Waals surface area contributed by atoms with Crippen molar-refractivity contribution in [1.29, 1.82) is 0 Å². The number of fused-ring (bicyclic) bond motifs is 2. The fraction of sp³-hybridized carbons (Fsp3) is 0.304. The van der Waals surface area contributed by atoms with Gasteiger partial charge < -0.3 is 15.4 Å². The molecule has 0 aliphatic heterocycles. The molecule has 3 N–H and O–H groups in total. The Morgan fingerprint density at radius 1 is 1.24 bits per heavy atom. The van der Waals surface area contributed by atoms with Crippen molar-refractivity contribution < 1.29 is 14.3 Å². The number of halogens is 1. The Labute approximate surface area is 167 Å². The number of carbonyl (C=O) groups is 1. The summed E-state index contributed by atoms with van der Waals surface area (Å²) in [5, 5.41) is 9.86. The number of aliphatic carboxylic acids is 1. The highest BCUT2D eigenvalue weighted by Crippen LogP contribution is 2.36. The highest BCUT2D eigenvalue weighted by atomic mass is 19.1. The van der Waals surface area contributed by atoms with E-state index in [1.54, 1.807) is 17.7 Å². The molecule has 0 saturated heterocycles. The van der Waals surface area contributed by atoms with Gasteiger partial charge in [0.1, 0.15) is 11.9 Å². The van der Waals surface area contributed by atoms with Gasteiger partial charge in [0.25, 0.3) is 5.56 Å². The molecule has 1 atom stereocenters. The number of hydrogen-bond donors (Lipinski definition) is 2. The molecule has 0 spiro atoms. The van der Waals surface area contributed by atoms with E-state index in [2.05, 4.69) is 0 Å². The van der Waals surface area contributed by atoms with Crippen LogP contribution in [-0.2, 0) is 31.1 Å². The summed E-state index contributed by atoms with van der Waals surface area (Å²) in [6.07, 6.45) is 2.87. The number of pyridine rings is 1.